The highest BCUT2D eigenvalue weighted by molar-refractivity contribution is 5.85. The molecule has 2 aliphatic carbocycles. The standard InChI is InChI=1S/C22H28F4N6O3/c23-21(24)3-1-14(2-4-21)18(31-20(34)35-12-15-8-22(15,25)26)16-10-29-17(30-16)7-13(9-27)11-32-6-5-28-19(32)33/h7,9-10,14-15,18,27H,1-6,8,11-12H2,(H,28,33)(H,29,30)(H,31,34)/b13-7+,27-9?/t15?,18-/m0/s1. The molecule has 1 aromatic heterocycles. The van der Waals surface area contributed by atoms with Crippen LogP contribution in [0, 0.1) is 17.2 Å². The van der Waals surface area contributed by atoms with Crippen molar-refractivity contribution >= 4 is 24.4 Å². The fourth-order valence-electron chi connectivity index (χ4n) is 4.41. The first-order chi connectivity index (χ1) is 16.6. The van der Waals surface area contributed by atoms with Crippen LogP contribution in [-0.2, 0) is 4.74 Å². The quantitative estimate of drug-likeness (QED) is 0.305. The number of imidazole rings is 1. The van der Waals surface area contributed by atoms with E-state index in [0.29, 0.717) is 30.2 Å². The van der Waals surface area contributed by atoms with Crippen molar-refractivity contribution in [2.24, 2.45) is 11.8 Å². The van der Waals surface area contributed by atoms with Gasteiger partial charge in [-0.1, -0.05) is 0 Å². The van der Waals surface area contributed by atoms with Gasteiger partial charge in [-0.2, -0.15) is 0 Å². The van der Waals surface area contributed by atoms with Gasteiger partial charge in [0.15, 0.2) is 0 Å². The molecule has 4 rings (SSSR count). The number of hydrogen-bond acceptors (Lipinski definition) is 5. The van der Waals surface area contributed by atoms with Crippen molar-refractivity contribution in [3.8, 4) is 0 Å². The number of halogens is 4. The summed E-state index contributed by atoms with van der Waals surface area (Å²) in [5.74, 6) is -6.56. The Hall–Kier alpha value is -3.12. The van der Waals surface area contributed by atoms with E-state index in [1.165, 1.54) is 6.20 Å². The van der Waals surface area contributed by atoms with Crippen molar-refractivity contribution in [1.82, 2.24) is 25.5 Å². The molecule has 1 aromatic rings. The minimum atomic E-state index is -2.82. The van der Waals surface area contributed by atoms with Gasteiger partial charge < -0.3 is 30.7 Å². The number of carbonyl (C=O) groups is 2. The highest BCUT2D eigenvalue weighted by atomic mass is 19.3. The average molecular weight is 500 g/mol. The van der Waals surface area contributed by atoms with Crippen molar-refractivity contribution in [2.45, 2.75) is 50.0 Å². The smallest absolute Gasteiger partial charge is 0.407 e. The number of hydrogen-bond donors (Lipinski definition) is 4. The first-order valence-corrected chi connectivity index (χ1v) is 11.5. The summed E-state index contributed by atoms with van der Waals surface area (Å²) in [5, 5.41) is 13.0. The van der Waals surface area contributed by atoms with Gasteiger partial charge >= 0.3 is 12.1 Å². The number of carbonyl (C=O) groups excluding carboxylic acids is 2. The zero-order valence-electron chi connectivity index (χ0n) is 19.0. The van der Waals surface area contributed by atoms with Crippen LogP contribution in [0.5, 0.6) is 0 Å². The monoisotopic (exact) mass is 500 g/mol. The Morgan fingerprint density at radius 3 is 2.66 bits per heavy atom. The van der Waals surface area contributed by atoms with Gasteiger partial charge in [0.05, 0.1) is 23.9 Å². The topological polar surface area (TPSA) is 123 Å². The lowest BCUT2D eigenvalue weighted by molar-refractivity contribution is -0.0497. The predicted molar refractivity (Wildman–Crippen MR) is 118 cm³/mol. The molecular formula is C22H28F4N6O3. The molecule has 1 saturated heterocycles. The number of H-pyrrole nitrogens is 1. The van der Waals surface area contributed by atoms with Crippen LogP contribution in [0.4, 0.5) is 27.2 Å². The van der Waals surface area contributed by atoms with E-state index < -0.39 is 36.5 Å². The van der Waals surface area contributed by atoms with E-state index in [1.54, 1.807) is 11.0 Å². The summed E-state index contributed by atoms with van der Waals surface area (Å²) in [7, 11) is 0. The summed E-state index contributed by atoms with van der Waals surface area (Å²) in [6.07, 6.45) is 2.58. The van der Waals surface area contributed by atoms with E-state index in [2.05, 4.69) is 20.6 Å². The van der Waals surface area contributed by atoms with Gasteiger partial charge in [0.1, 0.15) is 12.4 Å². The summed E-state index contributed by atoms with van der Waals surface area (Å²) in [6, 6.07) is -0.959. The first-order valence-electron chi connectivity index (χ1n) is 11.5. The zero-order chi connectivity index (χ0) is 25.2. The highest BCUT2D eigenvalue weighted by Crippen LogP contribution is 2.48. The lowest BCUT2D eigenvalue weighted by atomic mass is 9.81. The van der Waals surface area contributed by atoms with Crippen molar-refractivity contribution in [3.63, 3.8) is 0 Å². The van der Waals surface area contributed by atoms with Crippen LogP contribution in [0.25, 0.3) is 6.08 Å². The largest absolute Gasteiger partial charge is 0.449 e. The van der Waals surface area contributed by atoms with Gasteiger partial charge in [0.25, 0.3) is 5.92 Å². The second kappa shape index (κ2) is 9.86. The minimum absolute atomic E-state index is 0.151. The molecule has 192 valence electrons. The molecule has 1 unspecified atom stereocenters. The van der Waals surface area contributed by atoms with E-state index in [4.69, 9.17) is 10.1 Å². The highest BCUT2D eigenvalue weighted by Gasteiger charge is 2.57. The summed E-state index contributed by atoms with van der Waals surface area (Å²) in [4.78, 5) is 33.0. The number of rotatable bonds is 9. The molecule has 9 nitrogen and oxygen atoms in total. The van der Waals surface area contributed by atoms with Crippen LogP contribution in [0.3, 0.4) is 0 Å². The third-order valence-corrected chi connectivity index (χ3v) is 6.65. The van der Waals surface area contributed by atoms with Crippen molar-refractivity contribution < 1.29 is 31.9 Å². The molecule has 2 atom stereocenters. The van der Waals surface area contributed by atoms with Crippen molar-refractivity contribution in [3.05, 3.63) is 23.3 Å². The van der Waals surface area contributed by atoms with Gasteiger partial charge in [0, 0.05) is 45.1 Å². The third kappa shape index (κ3) is 6.31. The van der Waals surface area contributed by atoms with E-state index in [-0.39, 0.29) is 50.6 Å². The second-order valence-electron chi connectivity index (χ2n) is 9.32. The Bertz CT molecular complexity index is 988. The maximum Gasteiger partial charge on any atom is 0.407 e. The molecule has 13 heteroatoms. The van der Waals surface area contributed by atoms with Crippen molar-refractivity contribution in [1.29, 1.82) is 5.41 Å². The number of nitrogens with one attached hydrogen (secondary N) is 4. The molecule has 3 aliphatic rings. The zero-order valence-corrected chi connectivity index (χ0v) is 19.0. The van der Waals surface area contributed by atoms with Gasteiger partial charge in [-0.25, -0.2) is 32.1 Å². The molecule has 1 aliphatic heterocycles. The summed E-state index contributed by atoms with van der Waals surface area (Å²) >= 11 is 0. The van der Waals surface area contributed by atoms with Gasteiger partial charge in [-0.15, -0.1) is 0 Å². The first kappa shape index (κ1) is 25.0. The molecular weight excluding hydrogens is 472 g/mol. The minimum Gasteiger partial charge on any atom is -0.449 e. The average Bonchev–Trinajstić information content (AvgIpc) is 3.12. The fourth-order valence-corrected chi connectivity index (χ4v) is 4.41. The Morgan fingerprint density at radius 2 is 2.06 bits per heavy atom. The molecule has 2 saturated carbocycles. The van der Waals surface area contributed by atoms with E-state index >= 15 is 0 Å². The number of aromatic amines is 1. The molecule has 35 heavy (non-hydrogen) atoms. The Labute approximate surface area is 199 Å². The van der Waals surface area contributed by atoms with Crippen LogP contribution >= 0.6 is 0 Å². The SMILES string of the molecule is N=C/C(=C\c1ncc([C@@H](NC(=O)OCC2CC2(F)F)C2CCC(F)(F)CC2)[nH]1)CN1CCNC1=O. The molecule has 0 aromatic carbocycles. The summed E-state index contributed by atoms with van der Waals surface area (Å²) in [5.41, 5.74) is 0.956. The van der Waals surface area contributed by atoms with E-state index in [9.17, 15) is 27.2 Å². The molecule has 4 N–H and O–H groups in total. The third-order valence-electron chi connectivity index (χ3n) is 6.65. The number of alkyl carbamates (subject to hydrolysis) is 1. The Kier molecular flexibility index (Phi) is 7.04. The molecule has 0 bridgehead atoms. The van der Waals surface area contributed by atoms with Crippen LogP contribution in [-0.4, -0.2) is 71.3 Å². The fraction of sp³-hybridized carbons (Fsp3) is 0.636. The summed E-state index contributed by atoms with van der Waals surface area (Å²) in [6.45, 7) is 0.832. The lowest BCUT2D eigenvalue weighted by Crippen LogP contribution is -2.38. The number of urea groups is 1. The predicted octanol–water partition coefficient (Wildman–Crippen LogP) is 3.72. The maximum atomic E-state index is 13.7. The lowest BCUT2D eigenvalue weighted by Gasteiger charge is -2.33. The number of ether oxygens (including phenoxy) is 1. The Balaban J connectivity index is 1.45. The van der Waals surface area contributed by atoms with Gasteiger partial charge in [0.2, 0.25) is 5.92 Å². The number of aromatic nitrogens is 2. The number of amides is 3. The second-order valence-corrected chi connectivity index (χ2v) is 9.32. The van der Waals surface area contributed by atoms with Gasteiger partial charge in [-0.05, 0) is 30.4 Å². The molecule has 0 spiro atoms. The van der Waals surface area contributed by atoms with Crippen LogP contribution < -0.4 is 10.6 Å². The van der Waals surface area contributed by atoms with E-state index in [1.807, 2.05) is 0 Å². The molecule has 3 amide bonds. The number of alkyl halides is 4. The van der Waals surface area contributed by atoms with Crippen LogP contribution in [0.2, 0.25) is 0 Å². The normalized spacial score (nSPS) is 24.6. The Morgan fingerprint density at radius 1 is 1.34 bits per heavy atom. The van der Waals surface area contributed by atoms with Crippen LogP contribution in [0.1, 0.15) is 49.7 Å². The number of nitrogens with zero attached hydrogens (tertiary/aromatic N) is 2. The molecule has 0 radical (unpaired) electrons. The van der Waals surface area contributed by atoms with E-state index in [0.717, 1.165) is 6.21 Å². The van der Waals surface area contributed by atoms with Gasteiger partial charge in [-0.3, -0.25) is 0 Å². The molecule has 3 fully saturated rings. The summed E-state index contributed by atoms with van der Waals surface area (Å²) < 4.78 is 58.5. The maximum absolute atomic E-state index is 13.7. The van der Waals surface area contributed by atoms with Crippen LogP contribution in [0.15, 0.2) is 11.8 Å². The molecule has 2 heterocycles. The van der Waals surface area contributed by atoms with Crippen molar-refractivity contribution in [2.75, 3.05) is 26.2 Å².